The van der Waals surface area contributed by atoms with Crippen LogP contribution in [0.5, 0.6) is 0 Å². The molecule has 3 heterocycles. The van der Waals surface area contributed by atoms with E-state index < -0.39 is 11.9 Å². The highest BCUT2D eigenvalue weighted by atomic mass is 19.4. The van der Waals surface area contributed by atoms with Crippen LogP contribution in [-0.4, -0.2) is 38.7 Å². The fourth-order valence-corrected chi connectivity index (χ4v) is 2.96. The van der Waals surface area contributed by atoms with E-state index >= 15 is 0 Å². The third-order valence-corrected chi connectivity index (χ3v) is 4.21. The summed E-state index contributed by atoms with van der Waals surface area (Å²) in [6.45, 7) is 1.13. The van der Waals surface area contributed by atoms with Gasteiger partial charge in [-0.3, -0.25) is 14.5 Å². The average molecular weight is 338 g/mol. The van der Waals surface area contributed by atoms with Gasteiger partial charge in [0.05, 0.1) is 11.8 Å². The van der Waals surface area contributed by atoms with E-state index in [2.05, 4.69) is 10.1 Å². The molecule has 0 spiro atoms. The van der Waals surface area contributed by atoms with Gasteiger partial charge in [-0.2, -0.15) is 18.3 Å². The Labute approximate surface area is 137 Å². The van der Waals surface area contributed by atoms with Gasteiger partial charge in [-0.1, -0.05) is 0 Å². The molecular weight excluding hydrogens is 321 g/mol. The van der Waals surface area contributed by atoms with E-state index in [4.69, 9.17) is 0 Å². The maximum atomic E-state index is 12.6. The zero-order valence-corrected chi connectivity index (χ0v) is 13.1. The second-order valence-corrected chi connectivity index (χ2v) is 5.97. The molecule has 8 heteroatoms. The smallest absolute Gasteiger partial charge is 0.338 e. The molecule has 2 aromatic heterocycles. The van der Waals surface area contributed by atoms with E-state index in [9.17, 15) is 18.0 Å². The van der Waals surface area contributed by atoms with E-state index in [1.54, 1.807) is 15.8 Å². The summed E-state index contributed by atoms with van der Waals surface area (Å²) < 4.78 is 39.4. The molecule has 1 aliphatic heterocycles. The largest absolute Gasteiger partial charge is 0.433 e. The molecule has 0 aliphatic carbocycles. The van der Waals surface area contributed by atoms with Gasteiger partial charge in [0.25, 0.3) is 5.91 Å². The lowest BCUT2D eigenvalue weighted by atomic mass is 9.92. The second-order valence-electron chi connectivity index (χ2n) is 5.97. The summed E-state index contributed by atoms with van der Waals surface area (Å²) in [7, 11) is 1.84. The van der Waals surface area contributed by atoms with Gasteiger partial charge in [-0.15, -0.1) is 0 Å². The fourth-order valence-electron chi connectivity index (χ4n) is 2.96. The van der Waals surface area contributed by atoms with E-state index in [0.717, 1.165) is 30.7 Å². The van der Waals surface area contributed by atoms with Crippen LogP contribution in [0.2, 0.25) is 0 Å². The van der Waals surface area contributed by atoms with Crippen LogP contribution >= 0.6 is 0 Å². The van der Waals surface area contributed by atoms with Crippen molar-refractivity contribution in [2.45, 2.75) is 24.9 Å². The Kier molecular flexibility index (Phi) is 4.29. The zero-order valence-electron chi connectivity index (χ0n) is 13.1. The summed E-state index contributed by atoms with van der Waals surface area (Å²) in [6, 6.07) is 2.03. The highest BCUT2D eigenvalue weighted by Crippen LogP contribution is 2.29. The van der Waals surface area contributed by atoms with Crippen molar-refractivity contribution >= 4 is 5.91 Å². The molecule has 24 heavy (non-hydrogen) atoms. The molecule has 1 fully saturated rings. The number of carbonyl (C=O) groups is 1. The van der Waals surface area contributed by atoms with Crippen molar-refractivity contribution in [2.75, 3.05) is 13.1 Å². The van der Waals surface area contributed by atoms with Gasteiger partial charge in [-0.05, 0) is 30.5 Å². The molecule has 0 radical (unpaired) electrons. The molecule has 1 aliphatic rings. The average Bonchev–Trinajstić information content (AvgIpc) is 3.00. The Morgan fingerprint density at radius 3 is 2.67 bits per heavy atom. The molecule has 3 rings (SSSR count). The monoisotopic (exact) mass is 338 g/mol. The maximum Gasteiger partial charge on any atom is 0.433 e. The highest BCUT2D eigenvalue weighted by molar-refractivity contribution is 5.94. The third-order valence-electron chi connectivity index (χ3n) is 4.21. The molecule has 1 saturated heterocycles. The number of carbonyl (C=O) groups excluding carboxylic acids is 1. The molecule has 128 valence electrons. The highest BCUT2D eigenvalue weighted by Gasteiger charge is 2.33. The molecular formula is C16H17F3N4O. The number of likely N-dealkylation sites (tertiary alicyclic amines) is 1. The summed E-state index contributed by atoms with van der Waals surface area (Å²) >= 11 is 0. The Morgan fingerprint density at radius 2 is 2.08 bits per heavy atom. The van der Waals surface area contributed by atoms with E-state index in [0.29, 0.717) is 13.1 Å². The van der Waals surface area contributed by atoms with Gasteiger partial charge in [0.15, 0.2) is 0 Å². The quantitative estimate of drug-likeness (QED) is 0.846. The number of alkyl halides is 3. The summed E-state index contributed by atoms with van der Waals surface area (Å²) in [6.07, 6.45) is 2.02. The number of aromatic nitrogens is 3. The van der Waals surface area contributed by atoms with Gasteiger partial charge in [-0.25, -0.2) is 0 Å². The topological polar surface area (TPSA) is 51.0 Å². The molecule has 0 bridgehead atoms. The molecule has 1 amide bonds. The normalized spacial score (nSPS) is 18.7. The van der Waals surface area contributed by atoms with E-state index in [1.807, 2.05) is 13.2 Å². The van der Waals surface area contributed by atoms with Crippen molar-refractivity contribution in [1.82, 2.24) is 19.7 Å². The van der Waals surface area contributed by atoms with Gasteiger partial charge in [0.2, 0.25) is 0 Å². The first-order chi connectivity index (χ1) is 11.3. The van der Waals surface area contributed by atoms with Crippen LogP contribution in [0, 0.1) is 0 Å². The number of hydrogen-bond acceptors (Lipinski definition) is 3. The summed E-state index contributed by atoms with van der Waals surface area (Å²) in [5, 5.41) is 4.15. The first-order valence-electron chi connectivity index (χ1n) is 7.65. The number of halogens is 3. The molecule has 2 aromatic rings. The summed E-state index contributed by atoms with van der Waals surface area (Å²) in [4.78, 5) is 17.6. The predicted octanol–water partition coefficient (Wildman–Crippen LogP) is 2.85. The zero-order chi connectivity index (χ0) is 17.3. The standard InChI is InChI=1S/C16H17F3N4O/c1-22-9-13(8-21-22)12-3-2-6-23(10-12)15(24)11-4-5-14(20-7-11)16(17,18)19/h4-5,7-9,12H,2-3,6,10H2,1H3. The summed E-state index contributed by atoms with van der Waals surface area (Å²) in [5.74, 6) is -0.0939. The number of pyridine rings is 1. The van der Waals surface area contributed by atoms with Gasteiger partial charge in [0, 0.05) is 38.4 Å². The van der Waals surface area contributed by atoms with Crippen molar-refractivity contribution < 1.29 is 18.0 Å². The minimum absolute atomic E-state index is 0.176. The van der Waals surface area contributed by atoms with Crippen LogP contribution in [0.3, 0.4) is 0 Å². The van der Waals surface area contributed by atoms with Crippen molar-refractivity contribution in [3.8, 4) is 0 Å². The third kappa shape index (κ3) is 3.42. The Bertz CT molecular complexity index is 724. The van der Waals surface area contributed by atoms with Crippen molar-refractivity contribution in [2.24, 2.45) is 7.05 Å². The number of hydrogen-bond donors (Lipinski definition) is 0. The number of rotatable bonds is 2. The van der Waals surface area contributed by atoms with Crippen LogP contribution in [0.15, 0.2) is 30.7 Å². The lowest BCUT2D eigenvalue weighted by Crippen LogP contribution is -2.39. The lowest BCUT2D eigenvalue weighted by molar-refractivity contribution is -0.141. The van der Waals surface area contributed by atoms with Gasteiger partial charge < -0.3 is 4.90 Å². The van der Waals surface area contributed by atoms with Crippen LogP contribution in [0.4, 0.5) is 13.2 Å². The van der Waals surface area contributed by atoms with Crippen LogP contribution in [0.1, 0.15) is 40.4 Å². The minimum atomic E-state index is -4.50. The molecule has 1 unspecified atom stereocenters. The number of piperidine rings is 1. The maximum absolute atomic E-state index is 12.6. The van der Waals surface area contributed by atoms with Crippen molar-refractivity contribution in [3.63, 3.8) is 0 Å². The molecule has 1 atom stereocenters. The first-order valence-corrected chi connectivity index (χ1v) is 7.65. The van der Waals surface area contributed by atoms with Crippen LogP contribution in [-0.2, 0) is 13.2 Å². The molecule has 0 saturated carbocycles. The number of aryl methyl sites for hydroxylation is 1. The Morgan fingerprint density at radius 1 is 1.29 bits per heavy atom. The number of nitrogens with zero attached hydrogens (tertiary/aromatic N) is 4. The lowest BCUT2D eigenvalue weighted by Gasteiger charge is -2.32. The predicted molar refractivity (Wildman–Crippen MR) is 80.3 cm³/mol. The second kappa shape index (κ2) is 6.26. The van der Waals surface area contributed by atoms with Crippen LogP contribution < -0.4 is 0 Å². The van der Waals surface area contributed by atoms with Gasteiger partial charge in [0.1, 0.15) is 5.69 Å². The minimum Gasteiger partial charge on any atom is -0.338 e. The number of amides is 1. The first kappa shape index (κ1) is 16.5. The van der Waals surface area contributed by atoms with Crippen LogP contribution in [0.25, 0.3) is 0 Å². The Balaban J connectivity index is 1.72. The molecule has 5 nitrogen and oxygen atoms in total. The fraction of sp³-hybridized carbons (Fsp3) is 0.438. The SMILES string of the molecule is Cn1cc(C2CCCN(C(=O)c3ccc(C(F)(F)F)nc3)C2)cn1. The van der Waals surface area contributed by atoms with Crippen molar-refractivity contribution in [3.05, 3.63) is 47.5 Å². The van der Waals surface area contributed by atoms with E-state index in [1.165, 1.54) is 6.07 Å². The summed E-state index contributed by atoms with van der Waals surface area (Å²) in [5.41, 5.74) is 0.251. The van der Waals surface area contributed by atoms with E-state index in [-0.39, 0.29) is 17.4 Å². The Hall–Kier alpha value is -2.38. The van der Waals surface area contributed by atoms with Gasteiger partial charge >= 0.3 is 6.18 Å². The molecule has 0 aromatic carbocycles. The van der Waals surface area contributed by atoms with Crippen molar-refractivity contribution in [1.29, 1.82) is 0 Å². The molecule has 0 N–H and O–H groups in total.